The Hall–Kier alpha value is -4.47. The molecule has 3 amide bonds. The molecule has 9 nitrogen and oxygen atoms in total. The van der Waals surface area contributed by atoms with Gasteiger partial charge in [0.25, 0.3) is 17.7 Å². The molecule has 5 rings (SSSR count). The van der Waals surface area contributed by atoms with Crippen molar-refractivity contribution in [2.45, 2.75) is 63.3 Å². The molecule has 1 saturated carbocycles. The third-order valence-corrected chi connectivity index (χ3v) is 7.80. The monoisotopic (exact) mass is 627 g/mol. The average molecular weight is 628 g/mol. The third kappa shape index (κ3) is 6.25. The quantitative estimate of drug-likeness (QED) is 0.383. The van der Waals surface area contributed by atoms with Crippen LogP contribution in [0.3, 0.4) is 0 Å². The van der Waals surface area contributed by atoms with E-state index >= 15 is 0 Å². The Kier molecular flexibility index (Phi) is 9.04. The largest absolute Gasteiger partial charge is 0.380 e. The molecule has 3 aromatic rings. The van der Waals surface area contributed by atoms with E-state index in [4.69, 9.17) is 11.6 Å². The predicted octanol–water partition coefficient (Wildman–Crippen LogP) is 4.93. The van der Waals surface area contributed by atoms with Crippen LogP contribution in [0.1, 0.15) is 50.8 Å². The minimum Gasteiger partial charge on any atom is -0.380 e. The van der Waals surface area contributed by atoms with E-state index in [0.717, 1.165) is 21.9 Å². The van der Waals surface area contributed by atoms with Crippen molar-refractivity contribution >= 4 is 40.8 Å². The van der Waals surface area contributed by atoms with Crippen LogP contribution in [-0.4, -0.2) is 51.4 Å². The number of hydrogen-bond acceptors (Lipinski definition) is 6. The van der Waals surface area contributed by atoms with Crippen LogP contribution in [0.2, 0.25) is 5.02 Å². The highest BCUT2D eigenvalue weighted by molar-refractivity contribution is 6.31. The van der Waals surface area contributed by atoms with Gasteiger partial charge in [-0.1, -0.05) is 43.3 Å². The molecule has 2 heterocycles. The molecule has 2 aromatic carbocycles. The summed E-state index contributed by atoms with van der Waals surface area (Å²) in [4.78, 5) is 47.9. The van der Waals surface area contributed by atoms with E-state index in [9.17, 15) is 37.9 Å². The van der Waals surface area contributed by atoms with Crippen molar-refractivity contribution in [2.75, 3.05) is 9.80 Å². The first-order valence-electron chi connectivity index (χ1n) is 13.2. The number of hydrogen-bond donors (Lipinski definition) is 2. The summed E-state index contributed by atoms with van der Waals surface area (Å²) in [5.74, 6) is -6.46. The van der Waals surface area contributed by atoms with Gasteiger partial charge in [0.1, 0.15) is 29.3 Å². The molecule has 3 atom stereocenters. The Labute approximate surface area is 256 Å². The van der Waals surface area contributed by atoms with E-state index in [1.165, 1.54) is 49.5 Å². The topological polar surface area (TPSA) is 127 Å². The van der Waals surface area contributed by atoms with Gasteiger partial charge >= 0.3 is 0 Å². The maximum atomic E-state index is 14.6. The van der Waals surface area contributed by atoms with Crippen molar-refractivity contribution in [1.29, 1.82) is 5.26 Å². The molecule has 2 fully saturated rings. The van der Waals surface area contributed by atoms with Crippen LogP contribution in [0.4, 0.5) is 24.7 Å². The molecule has 230 valence electrons. The minimum atomic E-state index is -2.95. The molecule has 0 radical (unpaired) electrons. The van der Waals surface area contributed by atoms with E-state index in [-0.39, 0.29) is 35.1 Å². The van der Waals surface area contributed by atoms with Crippen LogP contribution in [-0.2, 0) is 14.4 Å². The first-order chi connectivity index (χ1) is 20.3. The van der Waals surface area contributed by atoms with Gasteiger partial charge in [-0.25, -0.2) is 18.2 Å². The van der Waals surface area contributed by atoms with Crippen LogP contribution >= 0.6 is 11.6 Å². The molecule has 2 aliphatic rings. The predicted molar refractivity (Wildman–Crippen MR) is 156 cm³/mol. The highest BCUT2D eigenvalue weighted by Gasteiger charge is 2.54. The zero-order valence-electron chi connectivity index (χ0n) is 22.7. The van der Waals surface area contributed by atoms with Gasteiger partial charge in [0.05, 0.1) is 11.6 Å². The lowest BCUT2D eigenvalue weighted by Crippen LogP contribution is -2.56. The molecule has 0 spiro atoms. The summed E-state index contributed by atoms with van der Waals surface area (Å²) < 4.78 is 41.8. The number of aromatic nitrogens is 1. The number of amides is 3. The van der Waals surface area contributed by atoms with Crippen LogP contribution < -0.4 is 15.1 Å². The lowest BCUT2D eigenvalue weighted by atomic mass is 9.87. The number of rotatable bonds is 7. The average Bonchev–Trinajstić information content (AvgIpc) is 3.19. The number of anilines is 2. The molecule has 2 N–H and O–H groups in total. The second-order valence-electron chi connectivity index (χ2n) is 10.8. The Balaban J connectivity index is 0.00000442. The number of nitriles is 1. The highest BCUT2D eigenvalue weighted by Crippen LogP contribution is 2.40. The molecule has 1 saturated heterocycles. The summed E-state index contributed by atoms with van der Waals surface area (Å²) in [6, 6.07) is 11.5. The number of pyridine rings is 1. The fourth-order valence-corrected chi connectivity index (χ4v) is 5.60. The van der Waals surface area contributed by atoms with Crippen molar-refractivity contribution < 1.29 is 32.7 Å². The highest BCUT2D eigenvalue weighted by atomic mass is 35.5. The number of aliphatic hydroxyl groups is 1. The molecule has 13 heteroatoms. The van der Waals surface area contributed by atoms with Crippen molar-refractivity contribution in [3.63, 3.8) is 0 Å². The maximum Gasteiger partial charge on any atom is 0.260 e. The van der Waals surface area contributed by atoms with Gasteiger partial charge in [-0.05, 0) is 43.3 Å². The van der Waals surface area contributed by atoms with Gasteiger partial charge in [0.15, 0.2) is 0 Å². The third-order valence-electron chi connectivity index (χ3n) is 7.46. The minimum absolute atomic E-state index is 0. The normalized spacial score (nSPS) is 21.4. The summed E-state index contributed by atoms with van der Waals surface area (Å²) in [7, 11) is 0. The smallest absolute Gasteiger partial charge is 0.260 e. The van der Waals surface area contributed by atoms with E-state index < -0.39 is 72.5 Å². The number of nitrogens with zero attached hydrogens (tertiary/aromatic N) is 4. The summed E-state index contributed by atoms with van der Waals surface area (Å²) in [5.41, 5.74) is -1.90. The van der Waals surface area contributed by atoms with E-state index in [1.807, 2.05) is 6.07 Å². The summed E-state index contributed by atoms with van der Waals surface area (Å²) in [6.07, 6.45) is -0.387. The Bertz CT molecular complexity index is 1640. The Morgan fingerprint density at radius 3 is 2.50 bits per heavy atom. The second-order valence-corrected chi connectivity index (χ2v) is 11.2. The first kappa shape index (κ1) is 32.4. The summed E-state index contributed by atoms with van der Waals surface area (Å²) in [6.45, 7) is 1.21. The molecular formula is C31H29ClF3N5O4. The summed E-state index contributed by atoms with van der Waals surface area (Å²) in [5, 5.41) is 23.0. The fourth-order valence-electron chi connectivity index (χ4n) is 5.37. The number of carbonyl (C=O) groups excluding carboxylic acids is 3. The van der Waals surface area contributed by atoms with E-state index in [0.29, 0.717) is 0 Å². The first-order valence-corrected chi connectivity index (χ1v) is 13.6. The zero-order chi connectivity index (χ0) is 31.1. The number of benzene rings is 2. The SMILES string of the molecule is C.C[C@]1(O)C[C@@H](C(=O)N(c2cccc(F)c2)C(C(=O)NC2CC(F)(F)C2)c2ccccc2Cl)N(c2cc(C#N)ccn2)C1=O. The molecule has 1 aliphatic heterocycles. The number of carbonyl (C=O) groups is 3. The number of alkyl halides is 2. The lowest BCUT2D eigenvalue weighted by Gasteiger charge is -2.39. The van der Waals surface area contributed by atoms with Crippen molar-refractivity contribution in [1.82, 2.24) is 10.3 Å². The Morgan fingerprint density at radius 2 is 1.86 bits per heavy atom. The molecule has 1 aliphatic carbocycles. The van der Waals surface area contributed by atoms with Crippen LogP contribution in [0.5, 0.6) is 0 Å². The van der Waals surface area contributed by atoms with Crippen LogP contribution in [0.25, 0.3) is 0 Å². The maximum absolute atomic E-state index is 14.6. The summed E-state index contributed by atoms with van der Waals surface area (Å²) >= 11 is 6.49. The van der Waals surface area contributed by atoms with Gasteiger partial charge < -0.3 is 10.4 Å². The standard InChI is InChI=1S/C30H25ClF3N5O4.CH4/c1-29(43)15-23(39(28(29)42)24-11-17(16-35)9-10-36-24)27(41)38(20-6-4-5-18(32)12-20)25(21-7-2-3-8-22(21)31)26(40)37-19-13-30(33,34)14-19;/h2-12,19,23,25,43H,13-15H2,1H3,(H,37,40);1H4/t23-,25?,29-;/m0./s1. The van der Waals surface area contributed by atoms with Crippen LogP contribution in [0.15, 0.2) is 66.9 Å². The number of halogens is 4. The molecular weight excluding hydrogens is 599 g/mol. The van der Waals surface area contributed by atoms with Gasteiger partial charge in [-0.3, -0.25) is 24.2 Å². The van der Waals surface area contributed by atoms with Gasteiger partial charge in [0, 0.05) is 47.8 Å². The van der Waals surface area contributed by atoms with Gasteiger partial charge in [0.2, 0.25) is 5.91 Å². The van der Waals surface area contributed by atoms with Gasteiger partial charge in [-0.15, -0.1) is 0 Å². The molecule has 1 aromatic heterocycles. The second kappa shape index (κ2) is 12.3. The Morgan fingerprint density at radius 1 is 1.16 bits per heavy atom. The van der Waals surface area contributed by atoms with Crippen LogP contribution in [0, 0.1) is 17.1 Å². The van der Waals surface area contributed by atoms with E-state index in [2.05, 4.69) is 10.3 Å². The van der Waals surface area contributed by atoms with E-state index in [1.54, 1.807) is 12.1 Å². The zero-order valence-corrected chi connectivity index (χ0v) is 23.4. The molecule has 1 unspecified atom stereocenters. The molecule has 0 bridgehead atoms. The molecule has 44 heavy (non-hydrogen) atoms. The van der Waals surface area contributed by atoms with Crippen molar-refractivity contribution in [3.05, 3.63) is 88.8 Å². The number of nitrogens with one attached hydrogen (secondary N) is 1. The van der Waals surface area contributed by atoms with Crippen molar-refractivity contribution in [2.24, 2.45) is 0 Å². The lowest BCUT2D eigenvalue weighted by molar-refractivity contribution is -0.133. The van der Waals surface area contributed by atoms with Gasteiger partial charge in [-0.2, -0.15) is 5.26 Å². The van der Waals surface area contributed by atoms with Crippen molar-refractivity contribution in [3.8, 4) is 6.07 Å². The fraction of sp³-hybridized carbons (Fsp3) is 0.323.